The first-order valence-corrected chi connectivity index (χ1v) is 6.71. The van der Waals surface area contributed by atoms with Gasteiger partial charge in [0.05, 0.1) is 5.39 Å². The highest BCUT2D eigenvalue weighted by atomic mass is 16.4. The standard InChI is InChI=1S/C17H12N2O3/c1-17(2,3)9-4-5-12-10(6-9)15-14(16(20)22-12)11(7-18)13(8-19)21-15/h4-6H,1-3H3. The predicted molar refractivity (Wildman–Crippen MR) is 80.4 cm³/mol. The normalized spacial score (nSPS) is 11.5. The molecule has 108 valence electrons. The Morgan fingerprint density at radius 2 is 1.82 bits per heavy atom. The molecule has 0 N–H and O–H groups in total. The third-order valence-corrected chi connectivity index (χ3v) is 3.62. The topological polar surface area (TPSA) is 90.9 Å². The van der Waals surface area contributed by atoms with Crippen LogP contribution >= 0.6 is 0 Å². The molecule has 0 saturated heterocycles. The molecule has 0 spiro atoms. The lowest BCUT2D eigenvalue weighted by Crippen LogP contribution is -2.11. The molecule has 0 fully saturated rings. The average molecular weight is 292 g/mol. The van der Waals surface area contributed by atoms with Gasteiger partial charge in [-0.25, -0.2) is 4.79 Å². The summed E-state index contributed by atoms with van der Waals surface area (Å²) in [7, 11) is 0. The lowest BCUT2D eigenvalue weighted by Gasteiger charge is -2.19. The molecule has 0 saturated carbocycles. The number of nitrogens with zero attached hydrogens (tertiary/aromatic N) is 2. The first-order valence-electron chi connectivity index (χ1n) is 6.71. The van der Waals surface area contributed by atoms with Gasteiger partial charge in [0.15, 0.2) is 5.58 Å². The number of hydrogen-bond acceptors (Lipinski definition) is 5. The van der Waals surface area contributed by atoms with Crippen molar-refractivity contribution in [2.24, 2.45) is 0 Å². The summed E-state index contributed by atoms with van der Waals surface area (Å²) in [5.74, 6) is -0.168. The van der Waals surface area contributed by atoms with E-state index in [2.05, 4.69) is 20.8 Å². The lowest BCUT2D eigenvalue weighted by atomic mass is 9.86. The van der Waals surface area contributed by atoms with E-state index in [4.69, 9.17) is 14.1 Å². The van der Waals surface area contributed by atoms with E-state index in [1.165, 1.54) is 0 Å². The molecule has 0 aliphatic carbocycles. The lowest BCUT2D eigenvalue weighted by molar-refractivity contribution is 0.560. The minimum absolute atomic E-state index is 0.0256. The van der Waals surface area contributed by atoms with Gasteiger partial charge >= 0.3 is 5.63 Å². The first-order chi connectivity index (χ1) is 10.4. The summed E-state index contributed by atoms with van der Waals surface area (Å²) in [5.41, 5.74) is 0.781. The molecule has 0 aliphatic heterocycles. The molecule has 1 aromatic carbocycles. The average Bonchev–Trinajstić information content (AvgIpc) is 2.85. The van der Waals surface area contributed by atoms with Crippen molar-refractivity contribution in [2.75, 3.05) is 0 Å². The van der Waals surface area contributed by atoms with Gasteiger partial charge in [-0.3, -0.25) is 0 Å². The SMILES string of the molecule is CC(C)(C)c1ccc2oc(=O)c3c(C#N)c(C#N)oc3c2c1. The molecule has 2 aromatic heterocycles. The second-order valence-corrected chi connectivity index (χ2v) is 6.08. The second-order valence-electron chi connectivity index (χ2n) is 6.08. The summed E-state index contributed by atoms with van der Waals surface area (Å²) >= 11 is 0. The van der Waals surface area contributed by atoms with E-state index in [0.717, 1.165) is 5.56 Å². The van der Waals surface area contributed by atoms with Crippen molar-refractivity contribution in [3.63, 3.8) is 0 Å². The van der Waals surface area contributed by atoms with Gasteiger partial charge in [-0.15, -0.1) is 0 Å². The van der Waals surface area contributed by atoms with Crippen molar-refractivity contribution in [1.82, 2.24) is 0 Å². The minimum atomic E-state index is -0.673. The summed E-state index contributed by atoms with van der Waals surface area (Å²) < 4.78 is 10.7. The summed E-state index contributed by atoms with van der Waals surface area (Å²) in [6.45, 7) is 6.19. The summed E-state index contributed by atoms with van der Waals surface area (Å²) in [6.07, 6.45) is 0. The second kappa shape index (κ2) is 4.47. The molecule has 0 bridgehead atoms. The molecule has 0 unspecified atom stereocenters. The summed E-state index contributed by atoms with van der Waals surface area (Å²) in [5, 5.41) is 18.9. The van der Waals surface area contributed by atoms with Crippen molar-refractivity contribution >= 4 is 21.9 Å². The van der Waals surface area contributed by atoms with Crippen molar-refractivity contribution in [3.8, 4) is 12.1 Å². The Bertz CT molecular complexity index is 1050. The molecule has 0 radical (unpaired) electrons. The van der Waals surface area contributed by atoms with Gasteiger partial charge < -0.3 is 8.83 Å². The zero-order valence-electron chi connectivity index (χ0n) is 12.4. The van der Waals surface area contributed by atoms with Gasteiger partial charge in [0.1, 0.15) is 28.7 Å². The Morgan fingerprint density at radius 3 is 2.41 bits per heavy atom. The van der Waals surface area contributed by atoms with Gasteiger partial charge in [0.2, 0.25) is 5.76 Å². The molecule has 3 aromatic rings. The van der Waals surface area contributed by atoms with Gasteiger partial charge in [-0.2, -0.15) is 10.5 Å². The Balaban J connectivity index is 2.54. The van der Waals surface area contributed by atoms with Crippen molar-refractivity contribution in [3.05, 3.63) is 45.5 Å². The van der Waals surface area contributed by atoms with Gasteiger partial charge in [0, 0.05) is 0 Å². The zero-order chi connectivity index (χ0) is 16.1. The van der Waals surface area contributed by atoms with Crippen molar-refractivity contribution < 1.29 is 8.83 Å². The largest absolute Gasteiger partial charge is 0.443 e. The van der Waals surface area contributed by atoms with E-state index < -0.39 is 5.63 Å². The Kier molecular flexibility index (Phi) is 2.83. The van der Waals surface area contributed by atoms with Crippen molar-refractivity contribution in [2.45, 2.75) is 26.2 Å². The summed E-state index contributed by atoms with van der Waals surface area (Å²) in [6, 6.07) is 9.11. The number of furan rings is 1. The van der Waals surface area contributed by atoms with Gasteiger partial charge in [-0.1, -0.05) is 26.8 Å². The molecule has 3 rings (SSSR count). The zero-order valence-corrected chi connectivity index (χ0v) is 12.4. The fourth-order valence-electron chi connectivity index (χ4n) is 2.41. The predicted octanol–water partition coefficient (Wildman–Crippen LogP) is 3.58. The maximum absolute atomic E-state index is 12.1. The van der Waals surface area contributed by atoms with Crippen molar-refractivity contribution in [1.29, 1.82) is 10.5 Å². The van der Waals surface area contributed by atoms with Crippen LogP contribution in [0.5, 0.6) is 0 Å². The van der Waals surface area contributed by atoms with Crippen LogP contribution in [-0.4, -0.2) is 0 Å². The van der Waals surface area contributed by atoms with Crippen LogP contribution in [0.4, 0.5) is 0 Å². The molecule has 5 heteroatoms. The molecule has 2 heterocycles. The molecule has 22 heavy (non-hydrogen) atoms. The smallest absolute Gasteiger partial charge is 0.348 e. The quantitative estimate of drug-likeness (QED) is 0.590. The van der Waals surface area contributed by atoms with Crippen LogP contribution in [0.3, 0.4) is 0 Å². The number of benzene rings is 1. The Morgan fingerprint density at radius 1 is 1.09 bits per heavy atom. The van der Waals surface area contributed by atoms with E-state index in [0.29, 0.717) is 11.0 Å². The number of nitriles is 2. The third-order valence-electron chi connectivity index (χ3n) is 3.62. The number of hydrogen-bond donors (Lipinski definition) is 0. The van der Waals surface area contributed by atoms with Crippen LogP contribution in [0.2, 0.25) is 0 Å². The number of fused-ring (bicyclic) bond motifs is 3. The molecular weight excluding hydrogens is 280 g/mol. The maximum Gasteiger partial charge on any atom is 0.348 e. The van der Waals surface area contributed by atoms with E-state index in [1.807, 2.05) is 18.2 Å². The molecule has 5 nitrogen and oxygen atoms in total. The highest BCUT2D eigenvalue weighted by molar-refractivity contribution is 6.03. The van der Waals surface area contributed by atoms with Gasteiger partial charge in [0.25, 0.3) is 0 Å². The summed E-state index contributed by atoms with van der Waals surface area (Å²) in [4.78, 5) is 12.1. The van der Waals surface area contributed by atoms with E-state index in [-0.39, 0.29) is 27.7 Å². The van der Waals surface area contributed by atoms with E-state index in [9.17, 15) is 10.1 Å². The van der Waals surface area contributed by atoms with Crippen LogP contribution in [-0.2, 0) is 5.41 Å². The Hall–Kier alpha value is -3.05. The molecule has 0 atom stereocenters. The fourth-order valence-corrected chi connectivity index (χ4v) is 2.41. The van der Waals surface area contributed by atoms with E-state index >= 15 is 0 Å². The number of rotatable bonds is 0. The molecule has 0 aliphatic rings. The van der Waals surface area contributed by atoms with Crippen LogP contribution in [0.15, 0.2) is 31.8 Å². The maximum atomic E-state index is 12.1. The van der Waals surface area contributed by atoms with Crippen LogP contribution in [0, 0.1) is 22.7 Å². The molecule has 0 amide bonds. The van der Waals surface area contributed by atoms with Crippen LogP contribution < -0.4 is 5.63 Å². The van der Waals surface area contributed by atoms with Crippen LogP contribution in [0.1, 0.15) is 37.7 Å². The highest BCUT2D eigenvalue weighted by Gasteiger charge is 2.22. The molecular formula is C17H12N2O3. The van der Waals surface area contributed by atoms with E-state index in [1.54, 1.807) is 12.1 Å². The highest BCUT2D eigenvalue weighted by Crippen LogP contribution is 2.32. The fraction of sp³-hybridized carbons (Fsp3) is 0.235. The minimum Gasteiger partial charge on any atom is -0.443 e. The first kappa shape index (κ1) is 13.9. The third kappa shape index (κ3) is 1.88. The monoisotopic (exact) mass is 292 g/mol. The Labute approximate surface area is 126 Å². The van der Waals surface area contributed by atoms with Gasteiger partial charge in [-0.05, 0) is 23.1 Å². The van der Waals surface area contributed by atoms with Crippen LogP contribution in [0.25, 0.3) is 21.9 Å².